The molecule has 1 amide bonds. The van der Waals surface area contributed by atoms with Crippen LogP contribution < -0.4 is 11.1 Å². The van der Waals surface area contributed by atoms with Crippen molar-refractivity contribution in [1.29, 1.82) is 0 Å². The first-order chi connectivity index (χ1) is 9.95. The molecule has 0 spiro atoms. The van der Waals surface area contributed by atoms with E-state index in [1.165, 1.54) is 31.2 Å². The maximum atomic E-state index is 10.9. The normalized spacial score (nSPS) is 10.7. The van der Waals surface area contributed by atoms with Gasteiger partial charge in [0.1, 0.15) is 11.5 Å². The average molecular weight is 286 g/mol. The molecule has 0 unspecified atom stereocenters. The molecule has 0 aromatic heterocycles. The predicted octanol–water partition coefficient (Wildman–Crippen LogP) is 3.05. The summed E-state index contributed by atoms with van der Waals surface area (Å²) in [6.45, 7) is 1.35. The van der Waals surface area contributed by atoms with Crippen LogP contribution >= 0.6 is 0 Å². The van der Waals surface area contributed by atoms with E-state index in [0.717, 1.165) is 0 Å². The van der Waals surface area contributed by atoms with E-state index in [1.807, 2.05) is 0 Å². The van der Waals surface area contributed by atoms with Crippen molar-refractivity contribution in [3.8, 4) is 11.5 Å². The molecular formula is C14H14N4O3. The van der Waals surface area contributed by atoms with Crippen molar-refractivity contribution in [2.75, 3.05) is 11.1 Å². The number of carbonyl (C=O) groups excluding carboxylic acids is 1. The number of benzene rings is 2. The monoisotopic (exact) mass is 286 g/mol. The van der Waals surface area contributed by atoms with Crippen LogP contribution in [0, 0.1) is 0 Å². The van der Waals surface area contributed by atoms with Gasteiger partial charge in [0.15, 0.2) is 0 Å². The Morgan fingerprint density at radius 1 is 1.05 bits per heavy atom. The van der Waals surface area contributed by atoms with E-state index >= 15 is 0 Å². The van der Waals surface area contributed by atoms with Gasteiger partial charge < -0.3 is 21.3 Å². The highest BCUT2D eigenvalue weighted by atomic mass is 16.3. The number of hydrogen-bond acceptors (Lipinski definition) is 6. The second-order valence-corrected chi connectivity index (χ2v) is 4.33. The fraction of sp³-hybridized carbons (Fsp3) is 0.0714. The standard InChI is InChI=1S/C14H14N4O3/c1-8(19)16-12-5-3-10(7-14(12)21)18-17-9-2-4-11(15)13(20)6-9/h2-7,20-21H,15H2,1H3,(H,16,19). The Balaban J connectivity index is 2.19. The first-order valence-electron chi connectivity index (χ1n) is 6.06. The molecule has 0 aliphatic heterocycles. The molecule has 7 heteroatoms. The maximum Gasteiger partial charge on any atom is 0.221 e. The smallest absolute Gasteiger partial charge is 0.221 e. The summed E-state index contributed by atoms with van der Waals surface area (Å²) in [6.07, 6.45) is 0. The van der Waals surface area contributed by atoms with Gasteiger partial charge in [-0.2, -0.15) is 10.2 Å². The van der Waals surface area contributed by atoms with Crippen LogP contribution in [0.15, 0.2) is 46.6 Å². The van der Waals surface area contributed by atoms with Crippen molar-refractivity contribution < 1.29 is 15.0 Å². The van der Waals surface area contributed by atoms with Crippen molar-refractivity contribution in [3.63, 3.8) is 0 Å². The molecule has 0 saturated heterocycles. The lowest BCUT2D eigenvalue weighted by Gasteiger charge is -2.05. The number of nitrogens with zero attached hydrogens (tertiary/aromatic N) is 2. The molecule has 0 radical (unpaired) electrons. The third-order valence-corrected chi connectivity index (χ3v) is 2.59. The number of carbonyl (C=O) groups is 1. The molecule has 0 aliphatic carbocycles. The van der Waals surface area contributed by atoms with Crippen molar-refractivity contribution in [2.45, 2.75) is 6.92 Å². The van der Waals surface area contributed by atoms with Gasteiger partial charge in [0, 0.05) is 19.1 Å². The number of aromatic hydroxyl groups is 2. The Hall–Kier alpha value is -3.09. The van der Waals surface area contributed by atoms with Crippen LogP contribution in [-0.2, 0) is 4.79 Å². The van der Waals surface area contributed by atoms with Gasteiger partial charge in [-0.15, -0.1) is 0 Å². The van der Waals surface area contributed by atoms with Crippen LogP contribution in [0.2, 0.25) is 0 Å². The minimum Gasteiger partial charge on any atom is -0.506 e. The maximum absolute atomic E-state index is 10.9. The molecule has 2 aromatic carbocycles. The summed E-state index contributed by atoms with van der Waals surface area (Å²) >= 11 is 0. The van der Waals surface area contributed by atoms with E-state index in [-0.39, 0.29) is 23.1 Å². The van der Waals surface area contributed by atoms with Gasteiger partial charge in [0.05, 0.1) is 22.7 Å². The summed E-state index contributed by atoms with van der Waals surface area (Å²) in [6, 6.07) is 8.97. The van der Waals surface area contributed by atoms with Crippen molar-refractivity contribution >= 4 is 28.7 Å². The molecule has 0 fully saturated rings. The van der Waals surface area contributed by atoms with E-state index in [2.05, 4.69) is 15.5 Å². The number of rotatable bonds is 3. The first-order valence-corrected chi connectivity index (χ1v) is 6.06. The lowest BCUT2D eigenvalue weighted by Crippen LogP contribution is -2.05. The quantitative estimate of drug-likeness (QED) is 0.393. The summed E-state index contributed by atoms with van der Waals surface area (Å²) in [7, 11) is 0. The molecule has 5 N–H and O–H groups in total. The van der Waals surface area contributed by atoms with E-state index in [1.54, 1.807) is 12.1 Å². The van der Waals surface area contributed by atoms with Crippen LogP contribution in [-0.4, -0.2) is 16.1 Å². The van der Waals surface area contributed by atoms with Gasteiger partial charge in [-0.05, 0) is 24.3 Å². The van der Waals surface area contributed by atoms with Gasteiger partial charge in [-0.3, -0.25) is 4.79 Å². The molecule has 0 bridgehead atoms. The fourth-order valence-corrected chi connectivity index (χ4v) is 1.59. The first kappa shape index (κ1) is 14.3. The molecule has 0 aliphatic rings. The second-order valence-electron chi connectivity index (χ2n) is 4.33. The lowest BCUT2D eigenvalue weighted by molar-refractivity contribution is -0.114. The molecule has 7 nitrogen and oxygen atoms in total. The fourth-order valence-electron chi connectivity index (χ4n) is 1.59. The van der Waals surface area contributed by atoms with Crippen molar-refractivity contribution in [2.24, 2.45) is 10.2 Å². The zero-order valence-electron chi connectivity index (χ0n) is 11.2. The minimum atomic E-state index is -0.281. The number of anilines is 2. The Morgan fingerprint density at radius 2 is 1.62 bits per heavy atom. The number of nitrogens with two attached hydrogens (primary N) is 1. The van der Waals surface area contributed by atoms with Crippen LogP contribution in [0.5, 0.6) is 11.5 Å². The molecule has 21 heavy (non-hydrogen) atoms. The Labute approximate surface area is 120 Å². The number of nitrogen functional groups attached to an aromatic ring is 1. The number of azo groups is 1. The predicted molar refractivity (Wildman–Crippen MR) is 79.1 cm³/mol. The topological polar surface area (TPSA) is 120 Å². The van der Waals surface area contributed by atoms with Crippen LogP contribution in [0.4, 0.5) is 22.7 Å². The van der Waals surface area contributed by atoms with Gasteiger partial charge in [0.2, 0.25) is 5.91 Å². The highest BCUT2D eigenvalue weighted by Gasteiger charge is 2.04. The number of phenolic OH excluding ortho intramolecular Hbond substituents is 2. The van der Waals surface area contributed by atoms with Gasteiger partial charge in [-0.25, -0.2) is 0 Å². The minimum absolute atomic E-state index is 0.0738. The number of phenols is 2. The van der Waals surface area contributed by atoms with Crippen LogP contribution in [0.25, 0.3) is 0 Å². The third kappa shape index (κ3) is 3.69. The molecule has 2 aromatic rings. The highest BCUT2D eigenvalue weighted by molar-refractivity contribution is 5.90. The molecule has 0 saturated carbocycles. The molecule has 0 heterocycles. The van der Waals surface area contributed by atoms with E-state index < -0.39 is 0 Å². The number of amides is 1. The summed E-state index contributed by atoms with van der Waals surface area (Å²) in [5, 5.41) is 29.5. The number of hydrogen-bond donors (Lipinski definition) is 4. The number of nitrogens with one attached hydrogen (secondary N) is 1. The largest absolute Gasteiger partial charge is 0.506 e. The zero-order chi connectivity index (χ0) is 15.4. The zero-order valence-corrected chi connectivity index (χ0v) is 11.2. The summed E-state index contributed by atoms with van der Waals surface area (Å²) in [4.78, 5) is 10.9. The Morgan fingerprint density at radius 3 is 2.14 bits per heavy atom. The van der Waals surface area contributed by atoms with Crippen molar-refractivity contribution in [3.05, 3.63) is 36.4 Å². The third-order valence-electron chi connectivity index (χ3n) is 2.59. The molecule has 2 rings (SSSR count). The van der Waals surface area contributed by atoms with E-state index in [4.69, 9.17) is 5.73 Å². The van der Waals surface area contributed by atoms with Crippen LogP contribution in [0.1, 0.15) is 6.92 Å². The van der Waals surface area contributed by atoms with Gasteiger partial charge in [0.25, 0.3) is 0 Å². The molecule has 0 atom stereocenters. The molecule has 108 valence electrons. The lowest BCUT2D eigenvalue weighted by atomic mass is 10.2. The average Bonchev–Trinajstić information content (AvgIpc) is 2.42. The summed E-state index contributed by atoms with van der Waals surface area (Å²) in [5.74, 6) is -0.464. The Kier molecular flexibility index (Phi) is 4.03. The van der Waals surface area contributed by atoms with E-state index in [9.17, 15) is 15.0 Å². The van der Waals surface area contributed by atoms with Crippen molar-refractivity contribution in [1.82, 2.24) is 0 Å². The second kappa shape index (κ2) is 5.91. The van der Waals surface area contributed by atoms with Crippen LogP contribution in [0.3, 0.4) is 0 Å². The van der Waals surface area contributed by atoms with E-state index in [0.29, 0.717) is 17.1 Å². The highest BCUT2D eigenvalue weighted by Crippen LogP contribution is 2.30. The SMILES string of the molecule is CC(=O)Nc1ccc(N=Nc2ccc(N)c(O)c2)cc1O. The Bertz CT molecular complexity index is 713. The van der Waals surface area contributed by atoms with Gasteiger partial charge >= 0.3 is 0 Å². The molecular weight excluding hydrogens is 272 g/mol. The summed E-state index contributed by atoms with van der Waals surface area (Å²) in [5.41, 5.74) is 6.86. The summed E-state index contributed by atoms with van der Waals surface area (Å²) < 4.78 is 0. The van der Waals surface area contributed by atoms with Gasteiger partial charge in [-0.1, -0.05) is 0 Å².